The van der Waals surface area contributed by atoms with E-state index in [4.69, 9.17) is 4.74 Å². The van der Waals surface area contributed by atoms with Gasteiger partial charge in [0.25, 0.3) is 0 Å². The molecule has 2 aromatic carbocycles. The van der Waals surface area contributed by atoms with E-state index in [9.17, 15) is 14.4 Å². The average molecular weight is 464 g/mol. The van der Waals surface area contributed by atoms with Crippen LogP contribution in [0.25, 0.3) is 0 Å². The van der Waals surface area contributed by atoms with Crippen LogP contribution in [0.1, 0.15) is 42.4 Å². The lowest BCUT2D eigenvalue weighted by Gasteiger charge is -2.35. The molecule has 2 aliphatic heterocycles. The van der Waals surface area contributed by atoms with Gasteiger partial charge in [0.05, 0.1) is 13.7 Å². The lowest BCUT2D eigenvalue weighted by atomic mass is 9.85. The number of piperazine rings is 1. The maximum atomic E-state index is 13.0. The number of nitrogens with one attached hydrogen (secondary N) is 1. The fourth-order valence-corrected chi connectivity index (χ4v) is 4.94. The molecule has 2 heterocycles. The average Bonchev–Trinajstić information content (AvgIpc) is 3.19. The van der Waals surface area contributed by atoms with Crippen LogP contribution in [0.4, 0.5) is 0 Å². The Balaban J connectivity index is 1.33. The SMILES string of the molecule is COc1ccc(CC2(CCC(=O)N3CCN(Cc4cccc(C)c4)C(=O)C3)CCC(=O)N2)cc1. The maximum absolute atomic E-state index is 13.0. The molecule has 0 aliphatic carbocycles. The molecule has 2 fully saturated rings. The Labute approximate surface area is 201 Å². The van der Waals surface area contributed by atoms with Crippen molar-refractivity contribution in [1.82, 2.24) is 15.1 Å². The molecule has 2 saturated heterocycles. The molecule has 2 aliphatic rings. The van der Waals surface area contributed by atoms with Gasteiger partial charge < -0.3 is 19.9 Å². The van der Waals surface area contributed by atoms with Crippen molar-refractivity contribution in [3.8, 4) is 5.75 Å². The van der Waals surface area contributed by atoms with Crippen molar-refractivity contribution in [1.29, 1.82) is 0 Å². The summed E-state index contributed by atoms with van der Waals surface area (Å²) in [5, 5.41) is 3.13. The van der Waals surface area contributed by atoms with Crippen molar-refractivity contribution >= 4 is 17.7 Å². The van der Waals surface area contributed by atoms with E-state index < -0.39 is 5.54 Å². The van der Waals surface area contributed by atoms with Gasteiger partial charge in [-0.25, -0.2) is 0 Å². The van der Waals surface area contributed by atoms with Crippen LogP contribution >= 0.6 is 0 Å². The lowest BCUT2D eigenvalue weighted by molar-refractivity contribution is -0.145. The van der Waals surface area contributed by atoms with Gasteiger partial charge in [0.1, 0.15) is 5.75 Å². The van der Waals surface area contributed by atoms with E-state index in [-0.39, 0.29) is 24.3 Å². The van der Waals surface area contributed by atoms with Gasteiger partial charge >= 0.3 is 0 Å². The van der Waals surface area contributed by atoms with Gasteiger partial charge in [0.15, 0.2) is 0 Å². The third kappa shape index (κ3) is 5.76. The van der Waals surface area contributed by atoms with E-state index in [1.54, 1.807) is 12.0 Å². The van der Waals surface area contributed by atoms with Crippen molar-refractivity contribution in [2.24, 2.45) is 0 Å². The number of nitrogens with zero attached hydrogens (tertiary/aromatic N) is 2. The van der Waals surface area contributed by atoms with Crippen molar-refractivity contribution < 1.29 is 19.1 Å². The monoisotopic (exact) mass is 463 g/mol. The third-order valence-electron chi connectivity index (χ3n) is 6.88. The molecule has 7 nitrogen and oxygen atoms in total. The maximum Gasteiger partial charge on any atom is 0.242 e. The summed E-state index contributed by atoms with van der Waals surface area (Å²) >= 11 is 0. The number of methoxy groups -OCH3 is 1. The third-order valence-corrected chi connectivity index (χ3v) is 6.88. The molecule has 0 aromatic heterocycles. The van der Waals surface area contributed by atoms with Crippen LogP contribution in [0.5, 0.6) is 5.75 Å². The molecule has 4 rings (SSSR count). The minimum Gasteiger partial charge on any atom is -0.497 e. The smallest absolute Gasteiger partial charge is 0.242 e. The predicted octanol–water partition coefficient (Wildman–Crippen LogP) is 2.85. The molecular formula is C27H33N3O4. The Morgan fingerprint density at radius 1 is 1.09 bits per heavy atom. The number of hydrogen-bond donors (Lipinski definition) is 1. The second-order valence-electron chi connectivity index (χ2n) is 9.47. The van der Waals surface area contributed by atoms with Crippen molar-refractivity contribution in [2.45, 2.75) is 51.1 Å². The summed E-state index contributed by atoms with van der Waals surface area (Å²) in [6.07, 6.45) is 2.71. The Morgan fingerprint density at radius 2 is 1.88 bits per heavy atom. The van der Waals surface area contributed by atoms with Gasteiger partial charge in [-0.05, 0) is 49.4 Å². The number of carbonyl (C=O) groups is 3. The number of amides is 3. The van der Waals surface area contributed by atoms with E-state index in [0.717, 1.165) is 16.9 Å². The molecule has 1 atom stereocenters. The fraction of sp³-hybridized carbons (Fsp3) is 0.444. The summed E-state index contributed by atoms with van der Waals surface area (Å²) in [6.45, 7) is 3.79. The van der Waals surface area contributed by atoms with Crippen LogP contribution in [0.15, 0.2) is 48.5 Å². The first kappa shape index (κ1) is 23.8. The fourth-order valence-electron chi connectivity index (χ4n) is 4.94. The lowest BCUT2D eigenvalue weighted by Crippen LogP contribution is -2.52. The zero-order valence-corrected chi connectivity index (χ0v) is 20.0. The highest BCUT2D eigenvalue weighted by Crippen LogP contribution is 2.30. The molecule has 7 heteroatoms. The van der Waals surface area contributed by atoms with Crippen LogP contribution in [0.2, 0.25) is 0 Å². The summed E-state index contributed by atoms with van der Waals surface area (Å²) in [5.41, 5.74) is 2.93. The second-order valence-corrected chi connectivity index (χ2v) is 9.47. The second kappa shape index (κ2) is 10.3. The van der Waals surface area contributed by atoms with Gasteiger partial charge in [-0.3, -0.25) is 14.4 Å². The molecule has 0 spiro atoms. The molecule has 34 heavy (non-hydrogen) atoms. The molecule has 0 bridgehead atoms. The van der Waals surface area contributed by atoms with Gasteiger partial charge in [-0.2, -0.15) is 0 Å². The van der Waals surface area contributed by atoms with Crippen LogP contribution < -0.4 is 10.1 Å². The normalized spacial score (nSPS) is 20.4. The highest BCUT2D eigenvalue weighted by atomic mass is 16.5. The van der Waals surface area contributed by atoms with Crippen LogP contribution in [-0.2, 0) is 27.3 Å². The highest BCUT2D eigenvalue weighted by Gasteiger charge is 2.38. The van der Waals surface area contributed by atoms with E-state index in [1.807, 2.05) is 54.3 Å². The van der Waals surface area contributed by atoms with Gasteiger partial charge in [0, 0.05) is 38.0 Å². The topological polar surface area (TPSA) is 79.0 Å². The van der Waals surface area contributed by atoms with Gasteiger partial charge in [-0.15, -0.1) is 0 Å². The Morgan fingerprint density at radius 3 is 2.53 bits per heavy atom. The quantitative estimate of drug-likeness (QED) is 0.653. The molecule has 3 amide bonds. The Bertz CT molecular complexity index is 1050. The molecule has 0 saturated carbocycles. The minimum atomic E-state index is -0.432. The van der Waals surface area contributed by atoms with Crippen LogP contribution in [-0.4, -0.2) is 59.8 Å². The van der Waals surface area contributed by atoms with Crippen LogP contribution in [0.3, 0.4) is 0 Å². The Hall–Kier alpha value is -3.35. The van der Waals surface area contributed by atoms with Crippen molar-refractivity contribution in [2.75, 3.05) is 26.7 Å². The van der Waals surface area contributed by atoms with Crippen molar-refractivity contribution in [3.63, 3.8) is 0 Å². The number of benzene rings is 2. The van der Waals surface area contributed by atoms with Crippen molar-refractivity contribution in [3.05, 3.63) is 65.2 Å². The van der Waals surface area contributed by atoms with Gasteiger partial charge in [-0.1, -0.05) is 42.0 Å². The predicted molar refractivity (Wildman–Crippen MR) is 129 cm³/mol. The zero-order valence-electron chi connectivity index (χ0n) is 20.0. The molecule has 1 N–H and O–H groups in total. The van der Waals surface area contributed by atoms with Crippen LogP contribution in [0, 0.1) is 6.92 Å². The minimum absolute atomic E-state index is 0.0248. The van der Waals surface area contributed by atoms with E-state index in [2.05, 4.69) is 11.4 Å². The summed E-state index contributed by atoms with van der Waals surface area (Å²) in [6, 6.07) is 16.0. The first-order valence-electron chi connectivity index (χ1n) is 11.9. The number of carbonyl (C=O) groups excluding carboxylic acids is 3. The van der Waals surface area contributed by atoms with Gasteiger partial charge in [0.2, 0.25) is 17.7 Å². The van der Waals surface area contributed by atoms with E-state index in [1.165, 1.54) is 5.56 Å². The number of rotatable bonds is 8. The van der Waals surface area contributed by atoms with E-state index in [0.29, 0.717) is 51.7 Å². The summed E-state index contributed by atoms with van der Waals surface area (Å²) in [7, 11) is 1.63. The number of aryl methyl sites for hydroxylation is 1. The first-order valence-corrected chi connectivity index (χ1v) is 11.9. The van der Waals surface area contributed by atoms with E-state index >= 15 is 0 Å². The highest BCUT2D eigenvalue weighted by molar-refractivity contribution is 5.86. The number of hydrogen-bond acceptors (Lipinski definition) is 4. The zero-order chi connectivity index (χ0) is 24.1. The molecular weight excluding hydrogens is 430 g/mol. The number of ether oxygens (including phenoxy) is 1. The first-order chi connectivity index (χ1) is 16.4. The molecule has 1 unspecified atom stereocenters. The standard InChI is InChI=1S/C27H33N3O4/c1-20-4-3-5-22(16-20)18-29-14-15-30(19-26(29)33)25(32)11-13-27(12-10-24(31)28-27)17-21-6-8-23(34-2)9-7-21/h3-9,16H,10-15,17-19H2,1-2H3,(H,28,31). The molecule has 0 radical (unpaired) electrons. The molecule has 180 valence electrons. The Kier molecular flexibility index (Phi) is 7.20. The summed E-state index contributed by atoms with van der Waals surface area (Å²) < 4.78 is 5.23. The molecule has 2 aromatic rings. The summed E-state index contributed by atoms with van der Waals surface area (Å²) in [5.74, 6) is 0.762. The summed E-state index contributed by atoms with van der Waals surface area (Å²) in [4.78, 5) is 41.3. The largest absolute Gasteiger partial charge is 0.497 e.